The second kappa shape index (κ2) is 4.97. The van der Waals surface area contributed by atoms with Crippen molar-refractivity contribution in [3.63, 3.8) is 0 Å². The van der Waals surface area contributed by atoms with Crippen LogP contribution in [0.5, 0.6) is 0 Å². The van der Waals surface area contributed by atoms with E-state index in [-0.39, 0.29) is 11.2 Å². The van der Waals surface area contributed by atoms with Crippen LogP contribution in [0.4, 0.5) is 0 Å². The number of ether oxygens (including phenoxy) is 1. The Morgan fingerprint density at radius 3 is 2.82 bits per heavy atom. The Bertz CT molecular complexity index is 627. The van der Waals surface area contributed by atoms with Gasteiger partial charge in [-0.05, 0) is 18.6 Å². The Morgan fingerprint density at radius 1 is 1.29 bits per heavy atom. The molecule has 0 aliphatic rings. The molecule has 0 aliphatic heterocycles. The molecule has 2 aromatic rings. The molecule has 5 heteroatoms. The average molecular weight is 234 g/mol. The van der Waals surface area contributed by atoms with Crippen LogP contribution in [0, 0.1) is 0 Å². The van der Waals surface area contributed by atoms with Gasteiger partial charge in [-0.2, -0.15) is 0 Å². The molecule has 5 nitrogen and oxygen atoms in total. The van der Waals surface area contributed by atoms with Crippen LogP contribution in [0.25, 0.3) is 10.9 Å². The average Bonchev–Trinajstić information content (AvgIpc) is 2.33. The minimum absolute atomic E-state index is 0.250. The maximum atomic E-state index is 12.0. The van der Waals surface area contributed by atoms with Crippen molar-refractivity contribution in [3.05, 3.63) is 45.1 Å². The third-order valence-corrected chi connectivity index (χ3v) is 2.62. The molecular weight excluding hydrogens is 220 g/mol. The summed E-state index contributed by atoms with van der Waals surface area (Å²) in [7, 11) is 1.59. The van der Waals surface area contributed by atoms with Crippen LogP contribution in [0.3, 0.4) is 0 Å². The number of para-hydroxylation sites is 1. The van der Waals surface area contributed by atoms with E-state index >= 15 is 0 Å². The van der Waals surface area contributed by atoms with Crippen molar-refractivity contribution in [2.24, 2.45) is 0 Å². The zero-order chi connectivity index (χ0) is 12.3. The minimum atomic E-state index is -0.371. The molecular formula is C12H14N2O3. The Hall–Kier alpha value is -1.88. The van der Waals surface area contributed by atoms with E-state index in [4.69, 9.17) is 4.74 Å². The number of nitrogens with zero attached hydrogens (tertiary/aromatic N) is 1. The van der Waals surface area contributed by atoms with Gasteiger partial charge in [0.1, 0.15) is 0 Å². The predicted molar refractivity (Wildman–Crippen MR) is 65.3 cm³/mol. The van der Waals surface area contributed by atoms with Gasteiger partial charge >= 0.3 is 5.69 Å². The van der Waals surface area contributed by atoms with E-state index in [1.807, 2.05) is 0 Å². The highest BCUT2D eigenvalue weighted by Crippen LogP contribution is 2.02. The molecule has 0 unspecified atom stereocenters. The van der Waals surface area contributed by atoms with E-state index in [1.165, 1.54) is 4.57 Å². The van der Waals surface area contributed by atoms with Gasteiger partial charge in [0, 0.05) is 20.3 Å². The zero-order valence-corrected chi connectivity index (χ0v) is 9.60. The van der Waals surface area contributed by atoms with Gasteiger partial charge in [0.15, 0.2) is 0 Å². The van der Waals surface area contributed by atoms with Crippen LogP contribution >= 0.6 is 0 Å². The second-order valence-electron chi connectivity index (χ2n) is 3.78. The first kappa shape index (κ1) is 11.6. The largest absolute Gasteiger partial charge is 0.385 e. The summed E-state index contributed by atoms with van der Waals surface area (Å²) < 4.78 is 6.11. The van der Waals surface area contributed by atoms with Crippen molar-refractivity contribution >= 4 is 10.9 Å². The maximum Gasteiger partial charge on any atom is 0.328 e. The molecule has 90 valence electrons. The van der Waals surface area contributed by atoms with Crippen molar-refractivity contribution in [3.8, 4) is 0 Å². The normalized spacial score (nSPS) is 10.9. The van der Waals surface area contributed by atoms with Crippen molar-refractivity contribution in [1.82, 2.24) is 9.55 Å². The summed E-state index contributed by atoms with van der Waals surface area (Å²) in [5.41, 5.74) is -0.0456. The lowest BCUT2D eigenvalue weighted by Gasteiger charge is -2.05. The smallest absolute Gasteiger partial charge is 0.328 e. The first-order valence-corrected chi connectivity index (χ1v) is 5.45. The van der Waals surface area contributed by atoms with Crippen molar-refractivity contribution in [2.75, 3.05) is 13.7 Å². The van der Waals surface area contributed by atoms with E-state index in [0.29, 0.717) is 30.5 Å². The number of hydrogen-bond acceptors (Lipinski definition) is 3. The Morgan fingerprint density at radius 2 is 2.06 bits per heavy atom. The molecule has 0 aliphatic carbocycles. The fourth-order valence-electron chi connectivity index (χ4n) is 1.77. The van der Waals surface area contributed by atoms with Gasteiger partial charge in [-0.3, -0.25) is 9.36 Å². The van der Waals surface area contributed by atoms with Gasteiger partial charge in [0.25, 0.3) is 5.56 Å². The van der Waals surface area contributed by atoms with Crippen LogP contribution in [-0.4, -0.2) is 23.3 Å². The van der Waals surface area contributed by atoms with Crippen molar-refractivity contribution < 1.29 is 4.74 Å². The van der Waals surface area contributed by atoms with E-state index in [2.05, 4.69) is 4.98 Å². The summed E-state index contributed by atoms with van der Waals surface area (Å²) in [6.07, 6.45) is 0.637. The number of rotatable bonds is 4. The summed E-state index contributed by atoms with van der Waals surface area (Å²) in [5, 5.41) is 0.532. The Kier molecular flexibility index (Phi) is 3.39. The standard InChI is InChI=1S/C12H14N2O3/c1-17-8-4-7-14-11(15)9-5-2-3-6-10(9)13-12(14)16/h2-3,5-6H,4,7-8H2,1H3,(H,13,16). The monoisotopic (exact) mass is 234 g/mol. The highest BCUT2D eigenvalue weighted by molar-refractivity contribution is 5.76. The molecule has 0 amide bonds. The van der Waals surface area contributed by atoms with Gasteiger partial charge in [0.2, 0.25) is 0 Å². The molecule has 1 aromatic heterocycles. The van der Waals surface area contributed by atoms with Gasteiger partial charge < -0.3 is 9.72 Å². The zero-order valence-electron chi connectivity index (χ0n) is 9.60. The van der Waals surface area contributed by atoms with E-state index in [0.717, 1.165) is 0 Å². The molecule has 2 rings (SSSR count). The van der Waals surface area contributed by atoms with E-state index in [9.17, 15) is 9.59 Å². The fourth-order valence-corrected chi connectivity index (χ4v) is 1.77. The Labute approximate surface area is 97.7 Å². The van der Waals surface area contributed by atoms with E-state index in [1.54, 1.807) is 31.4 Å². The topological polar surface area (TPSA) is 64.1 Å². The number of aromatic amines is 1. The summed E-state index contributed by atoms with van der Waals surface area (Å²) in [5.74, 6) is 0. The van der Waals surface area contributed by atoms with Gasteiger partial charge in [-0.25, -0.2) is 4.79 Å². The summed E-state index contributed by atoms with van der Waals surface area (Å²) >= 11 is 0. The fraction of sp³-hybridized carbons (Fsp3) is 0.333. The van der Waals surface area contributed by atoms with Gasteiger partial charge in [0.05, 0.1) is 10.9 Å². The predicted octanol–water partition coefficient (Wildman–Crippen LogP) is 0.726. The van der Waals surface area contributed by atoms with Crippen LogP contribution in [0.15, 0.2) is 33.9 Å². The van der Waals surface area contributed by atoms with Gasteiger partial charge in [-0.15, -0.1) is 0 Å². The van der Waals surface area contributed by atoms with Crippen LogP contribution in [0.1, 0.15) is 6.42 Å². The number of fused-ring (bicyclic) bond motifs is 1. The van der Waals surface area contributed by atoms with Crippen LogP contribution in [-0.2, 0) is 11.3 Å². The quantitative estimate of drug-likeness (QED) is 0.793. The lowest BCUT2D eigenvalue weighted by molar-refractivity contribution is 0.189. The van der Waals surface area contributed by atoms with Crippen molar-refractivity contribution in [1.29, 1.82) is 0 Å². The highest BCUT2D eigenvalue weighted by atomic mass is 16.5. The number of hydrogen-bond donors (Lipinski definition) is 1. The molecule has 0 bridgehead atoms. The minimum Gasteiger partial charge on any atom is -0.385 e. The maximum absolute atomic E-state index is 12.0. The molecule has 1 heterocycles. The number of H-pyrrole nitrogens is 1. The van der Waals surface area contributed by atoms with Crippen LogP contribution in [0.2, 0.25) is 0 Å². The Balaban J connectivity index is 2.49. The first-order chi connectivity index (χ1) is 8.24. The summed E-state index contributed by atoms with van der Waals surface area (Å²) in [4.78, 5) is 26.5. The number of benzene rings is 1. The summed E-state index contributed by atoms with van der Waals surface area (Å²) in [6.45, 7) is 0.894. The molecule has 1 N–H and O–H groups in total. The second-order valence-corrected chi connectivity index (χ2v) is 3.78. The molecule has 0 atom stereocenters. The molecule has 0 radical (unpaired) electrons. The number of nitrogens with one attached hydrogen (secondary N) is 1. The van der Waals surface area contributed by atoms with Crippen LogP contribution < -0.4 is 11.2 Å². The van der Waals surface area contributed by atoms with Crippen molar-refractivity contribution in [2.45, 2.75) is 13.0 Å². The molecule has 1 aromatic carbocycles. The lowest BCUT2D eigenvalue weighted by Crippen LogP contribution is -2.35. The molecule has 0 spiro atoms. The number of methoxy groups -OCH3 is 1. The van der Waals surface area contributed by atoms with E-state index < -0.39 is 0 Å². The third kappa shape index (κ3) is 2.29. The SMILES string of the molecule is COCCCn1c(=O)[nH]c2ccccc2c1=O. The third-order valence-electron chi connectivity index (χ3n) is 2.62. The number of aromatic nitrogens is 2. The lowest BCUT2D eigenvalue weighted by atomic mass is 10.2. The highest BCUT2D eigenvalue weighted by Gasteiger charge is 2.06. The summed E-state index contributed by atoms with van der Waals surface area (Å²) in [6, 6.07) is 6.99. The molecule has 0 fully saturated rings. The molecule has 17 heavy (non-hydrogen) atoms. The molecule has 0 saturated carbocycles. The first-order valence-electron chi connectivity index (χ1n) is 5.45. The van der Waals surface area contributed by atoms with Gasteiger partial charge in [-0.1, -0.05) is 12.1 Å². The molecule has 0 saturated heterocycles.